The Morgan fingerprint density at radius 3 is 2.14 bits per heavy atom. The molecule has 0 bridgehead atoms. The third-order valence-corrected chi connectivity index (χ3v) is 17.5. The smallest absolute Gasteiger partial charge is 0.380 e. The fraction of sp³-hybridized carbons (Fsp3) is 0.480. The first-order chi connectivity index (χ1) is 32.5. The first kappa shape index (κ1) is 52.6. The lowest BCUT2D eigenvalue weighted by molar-refractivity contribution is -0.0435. The monoisotopic (exact) mass is 1030 g/mol. The summed E-state index contributed by atoms with van der Waals surface area (Å²) in [7, 11) is -11.0. The summed E-state index contributed by atoms with van der Waals surface area (Å²) in [5.74, 6) is -0.755. The van der Waals surface area contributed by atoms with E-state index in [9.17, 15) is 34.8 Å². The molecule has 0 radical (unpaired) electrons. The lowest BCUT2D eigenvalue weighted by atomic mass is 9.73. The van der Waals surface area contributed by atoms with Crippen LogP contribution in [0.25, 0.3) is 5.57 Å². The van der Waals surface area contributed by atoms with E-state index in [1.165, 1.54) is 40.7 Å². The Bertz CT molecular complexity index is 2670. The Kier molecular flexibility index (Phi) is 16.5. The van der Waals surface area contributed by atoms with Crippen LogP contribution in [0.1, 0.15) is 76.4 Å². The molecule has 3 aromatic carbocycles. The lowest BCUT2D eigenvalue weighted by Gasteiger charge is -2.42. The van der Waals surface area contributed by atoms with Crippen molar-refractivity contribution in [3.8, 4) is 0 Å². The summed E-state index contributed by atoms with van der Waals surface area (Å²) in [6, 6.07) is 22.5. The van der Waals surface area contributed by atoms with E-state index in [1.54, 1.807) is 6.07 Å². The maximum atomic E-state index is 14.3. The Morgan fingerprint density at radius 2 is 1.52 bits per heavy atom. The van der Waals surface area contributed by atoms with Crippen LogP contribution >= 0.6 is 23.4 Å². The number of piperazine rings is 2. The number of amides is 1. The van der Waals surface area contributed by atoms with Crippen molar-refractivity contribution in [2.24, 2.45) is 5.41 Å². The van der Waals surface area contributed by atoms with Crippen LogP contribution in [0.3, 0.4) is 0 Å². The van der Waals surface area contributed by atoms with Gasteiger partial charge in [-0.05, 0) is 118 Å². The van der Waals surface area contributed by atoms with Gasteiger partial charge in [-0.3, -0.25) is 14.6 Å². The number of aromatic nitrogens is 1. The van der Waals surface area contributed by atoms with E-state index in [0.717, 1.165) is 87.8 Å². The number of carbonyl (C=O) groups is 1. The molecule has 1 atom stereocenters. The molecule has 1 aromatic heterocycles. The number of pyridine rings is 1. The van der Waals surface area contributed by atoms with Crippen molar-refractivity contribution in [1.29, 1.82) is 0 Å². The number of nitrogens with one attached hydrogen (secondary N) is 2. The Balaban J connectivity index is 1.02. The minimum absolute atomic E-state index is 0.0158. The predicted octanol–water partition coefficient (Wildman–Crippen LogP) is 9.31. The molecular weight excluding hydrogens is 967 g/mol. The molecule has 69 heavy (non-hydrogen) atoms. The van der Waals surface area contributed by atoms with Gasteiger partial charge in [0.2, 0.25) is 0 Å². The maximum Gasteiger partial charge on any atom is 0.501 e. The highest BCUT2D eigenvalue weighted by atomic mass is 35.5. The van der Waals surface area contributed by atoms with Crippen molar-refractivity contribution >= 4 is 66.1 Å². The number of anilines is 2. The summed E-state index contributed by atoms with van der Waals surface area (Å²) in [6.07, 6.45) is 5.07. The van der Waals surface area contributed by atoms with Gasteiger partial charge in [0.25, 0.3) is 25.8 Å². The molecule has 1 amide bonds. The lowest BCUT2D eigenvalue weighted by Crippen LogP contribution is -2.53. The average Bonchev–Trinajstić information content (AvgIpc) is 3.30. The molecule has 3 heterocycles. The maximum absolute atomic E-state index is 14.3. The predicted molar refractivity (Wildman–Crippen MR) is 270 cm³/mol. The SMILES string of the molecule is CC1(C)CCC(c2ccc(Cl)cc2)=C(CN2CCN(c3ccc(C(=O)NS(=O)(=O)c4ccc(NC(CCN5CCN(C(C)(C)C)CC5)CSc5ccccc5)c(S(=O)(=O)C(F)(F)F)c4)nc3)CC2)C1. The average molecular weight is 1030 g/mol. The van der Waals surface area contributed by atoms with Gasteiger partial charge in [0.05, 0.1) is 22.5 Å². The molecule has 19 heteroatoms. The van der Waals surface area contributed by atoms with E-state index in [2.05, 4.69) is 76.7 Å². The van der Waals surface area contributed by atoms with Crippen LogP contribution in [0.15, 0.2) is 111 Å². The zero-order valence-corrected chi connectivity index (χ0v) is 43.1. The number of carbonyl (C=O) groups excluding carboxylic acids is 1. The van der Waals surface area contributed by atoms with Crippen LogP contribution in [0.5, 0.6) is 0 Å². The number of alkyl halides is 3. The van der Waals surface area contributed by atoms with Crippen LogP contribution < -0.4 is 14.9 Å². The van der Waals surface area contributed by atoms with Crippen molar-refractivity contribution in [1.82, 2.24) is 24.4 Å². The van der Waals surface area contributed by atoms with Crippen LogP contribution in [0.2, 0.25) is 5.02 Å². The number of halogens is 4. The summed E-state index contributed by atoms with van der Waals surface area (Å²) in [4.78, 5) is 25.7. The Morgan fingerprint density at radius 1 is 0.855 bits per heavy atom. The zero-order valence-electron chi connectivity index (χ0n) is 39.9. The summed E-state index contributed by atoms with van der Waals surface area (Å²) >= 11 is 7.66. The van der Waals surface area contributed by atoms with E-state index in [0.29, 0.717) is 42.9 Å². The highest BCUT2D eigenvalue weighted by Crippen LogP contribution is 2.43. The number of sulfone groups is 1. The summed E-state index contributed by atoms with van der Waals surface area (Å²) in [5, 5.41) is 3.75. The number of allylic oxidation sites excluding steroid dienone is 1. The van der Waals surface area contributed by atoms with Crippen LogP contribution in [0.4, 0.5) is 24.5 Å². The summed E-state index contributed by atoms with van der Waals surface area (Å²) in [5.41, 5.74) is -1.40. The number of nitrogens with zero attached hydrogens (tertiary/aromatic N) is 5. The molecule has 1 aliphatic carbocycles. The second-order valence-electron chi connectivity index (χ2n) is 19.9. The fourth-order valence-electron chi connectivity index (χ4n) is 9.19. The minimum Gasteiger partial charge on any atom is -0.380 e. The molecule has 374 valence electrons. The first-order valence-electron chi connectivity index (χ1n) is 23.3. The van der Waals surface area contributed by atoms with Crippen LogP contribution in [0, 0.1) is 5.41 Å². The second kappa shape index (κ2) is 21.7. The molecule has 2 N–H and O–H groups in total. The van der Waals surface area contributed by atoms with E-state index in [4.69, 9.17) is 11.6 Å². The van der Waals surface area contributed by atoms with Gasteiger partial charge in [0.15, 0.2) is 0 Å². The fourth-order valence-corrected chi connectivity index (χ4v) is 12.3. The molecule has 2 fully saturated rings. The number of hydrogen-bond donors (Lipinski definition) is 2. The van der Waals surface area contributed by atoms with E-state index >= 15 is 0 Å². The van der Waals surface area contributed by atoms with E-state index in [1.807, 2.05) is 47.2 Å². The van der Waals surface area contributed by atoms with E-state index < -0.39 is 52.8 Å². The molecule has 3 aliphatic rings. The molecule has 0 spiro atoms. The standard InChI is InChI=1S/C50H63ClF3N7O5S3/c1-48(2,3)61-29-25-58(26-30-61)22-20-39(35-67-41-9-7-6-8-10-41)56-44-18-16-42(31-46(44)68(63,64)50(52,53)54)69(65,66)57-47(62)45-17-15-40(33-55-45)60-27-23-59(24-28-60)34-37-32-49(4,5)21-19-43(37)36-11-13-38(51)14-12-36/h6-18,31,33,39,56H,19-30,32,34-35H2,1-5H3,(H,57,62). The number of rotatable bonds is 16. The van der Waals surface area contributed by atoms with Gasteiger partial charge in [-0.15, -0.1) is 11.8 Å². The molecular formula is C50H63ClF3N7O5S3. The molecule has 12 nitrogen and oxygen atoms in total. The second-order valence-corrected chi connectivity index (χ2v) is 25.0. The summed E-state index contributed by atoms with van der Waals surface area (Å²) in [6.45, 7) is 18.8. The Labute approximate surface area is 415 Å². The minimum atomic E-state index is -6.07. The Hall–Kier alpha value is -4.17. The highest BCUT2D eigenvalue weighted by molar-refractivity contribution is 7.99. The van der Waals surface area contributed by atoms with Gasteiger partial charge >= 0.3 is 5.51 Å². The van der Waals surface area contributed by atoms with E-state index in [-0.39, 0.29) is 16.6 Å². The zero-order chi connectivity index (χ0) is 49.8. The van der Waals surface area contributed by atoms with Crippen molar-refractivity contribution in [2.45, 2.75) is 92.1 Å². The largest absolute Gasteiger partial charge is 0.501 e. The number of benzene rings is 3. The third kappa shape index (κ3) is 13.6. The van der Waals surface area contributed by atoms with Crippen molar-refractivity contribution < 1.29 is 34.8 Å². The first-order valence-corrected chi connectivity index (χ1v) is 27.6. The number of sulfonamides is 1. The highest BCUT2D eigenvalue weighted by Gasteiger charge is 2.48. The molecule has 4 aromatic rings. The summed E-state index contributed by atoms with van der Waals surface area (Å²) < 4.78 is 98.4. The molecule has 0 saturated carbocycles. The number of hydrogen-bond acceptors (Lipinski definition) is 12. The number of thioether (sulfide) groups is 1. The molecule has 2 saturated heterocycles. The quantitative estimate of drug-likeness (QED) is 0.104. The van der Waals surface area contributed by atoms with Gasteiger partial charge in [-0.2, -0.15) is 13.2 Å². The molecule has 2 aliphatic heterocycles. The van der Waals surface area contributed by atoms with Crippen molar-refractivity contribution in [3.05, 3.63) is 113 Å². The van der Waals surface area contributed by atoms with Gasteiger partial charge in [0, 0.05) is 92.7 Å². The van der Waals surface area contributed by atoms with Gasteiger partial charge in [-0.25, -0.2) is 26.5 Å². The third-order valence-electron chi connectivity index (χ3n) is 13.2. The topological polar surface area (TPSA) is 135 Å². The van der Waals surface area contributed by atoms with Crippen molar-refractivity contribution in [3.63, 3.8) is 0 Å². The van der Waals surface area contributed by atoms with Crippen LogP contribution in [-0.2, 0) is 19.9 Å². The van der Waals surface area contributed by atoms with Gasteiger partial charge in [-0.1, -0.05) is 61.4 Å². The van der Waals surface area contributed by atoms with Crippen molar-refractivity contribution in [2.75, 3.05) is 81.4 Å². The van der Waals surface area contributed by atoms with Crippen LogP contribution in [-0.4, -0.2) is 131 Å². The normalized spacial score (nSPS) is 18.5. The van der Waals surface area contributed by atoms with Gasteiger partial charge < -0.3 is 15.1 Å². The van der Waals surface area contributed by atoms with Gasteiger partial charge in [0.1, 0.15) is 10.6 Å². The molecule has 1 unspecified atom stereocenters. The molecule has 7 rings (SSSR count).